The summed E-state index contributed by atoms with van der Waals surface area (Å²) in [7, 11) is 5.89. The second-order valence-electron chi connectivity index (χ2n) is 5.90. The molecule has 0 bridgehead atoms. The van der Waals surface area contributed by atoms with Gasteiger partial charge in [-0.15, -0.1) is 0 Å². The Morgan fingerprint density at radius 1 is 0.935 bits per heavy atom. The van der Waals surface area contributed by atoms with Crippen LogP contribution in [0.1, 0.15) is 15.9 Å². The number of hydrazone groups is 1. The number of hydrogen-bond donors (Lipinski definition) is 2. The fraction of sp³-hybridized carbons (Fsp3) is 0.250. The number of nitrogens with zero attached hydrogens (tertiary/aromatic N) is 1. The second kappa shape index (κ2) is 11.6. The molecule has 0 aliphatic carbocycles. The topological polar surface area (TPSA) is 107 Å². The number of carbonyl (C=O) groups excluding carboxylic acids is 2. The maximum Gasteiger partial charge on any atom is 0.259 e. The molecule has 0 spiro atoms. The Morgan fingerprint density at radius 2 is 1.55 bits per heavy atom. The predicted molar refractivity (Wildman–Crippen MR) is 123 cm³/mol. The van der Waals surface area contributed by atoms with Gasteiger partial charge in [0.1, 0.15) is 5.75 Å². The van der Waals surface area contributed by atoms with E-state index >= 15 is 0 Å². The van der Waals surface area contributed by atoms with Crippen molar-refractivity contribution in [2.45, 2.75) is 0 Å². The molecule has 0 saturated heterocycles. The van der Waals surface area contributed by atoms with Crippen LogP contribution >= 0.6 is 31.9 Å². The lowest BCUT2D eigenvalue weighted by molar-refractivity contribution is -0.120. The molecule has 2 aromatic carbocycles. The van der Waals surface area contributed by atoms with Gasteiger partial charge in [0.05, 0.1) is 45.7 Å². The van der Waals surface area contributed by atoms with Crippen LogP contribution in [0.2, 0.25) is 0 Å². The summed E-state index contributed by atoms with van der Waals surface area (Å²) in [6.45, 7) is -0.286. The van der Waals surface area contributed by atoms with Crippen LogP contribution < -0.4 is 29.7 Å². The number of ether oxygens (including phenoxy) is 4. The number of nitrogens with one attached hydrogen (secondary N) is 2. The molecule has 2 amide bonds. The number of benzene rings is 2. The van der Waals surface area contributed by atoms with Crippen molar-refractivity contribution in [1.82, 2.24) is 10.7 Å². The summed E-state index contributed by atoms with van der Waals surface area (Å²) in [6.07, 6.45) is 1.44. The minimum Gasteiger partial charge on any atom is -0.495 e. The first-order valence-corrected chi connectivity index (χ1v) is 10.4. The van der Waals surface area contributed by atoms with Gasteiger partial charge in [-0.1, -0.05) is 15.9 Å². The Kier molecular flexibility index (Phi) is 9.13. The van der Waals surface area contributed by atoms with Gasteiger partial charge in [-0.05, 0) is 40.2 Å². The Morgan fingerprint density at radius 3 is 2.10 bits per heavy atom. The van der Waals surface area contributed by atoms with Crippen molar-refractivity contribution in [3.63, 3.8) is 0 Å². The number of methoxy groups -OCH3 is 4. The minimum absolute atomic E-state index is 0.245. The highest BCUT2D eigenvalue weighted by atomic mass is 79.9. The number of hydrogen-bond acceptors (Lipinski definition) is 7. The second-order valence-corrected chi connectivity index (χ2v) is 7.67. The Labute approximate surface area is 196 Å². The van der Waals surface area contributed by atoms with E-state index in [1.54, 1.807) is 6.07 Å². The molecule has 0 aromatic heterocycles. The summed E-state index contributed by atoms with van der Waals surface area (Å²) in [4.78, 5) is 24.5. The van der Waals surface area contributed by atoms with Gasteiger partial charge in [0.25, 0.3) is 11.8 Å². The van der Waals surface area contributed by atoms with E-state index in [2.05, 4.69) is 47.7 Å². The van der Waals surface area contributed by atoms with Crippen molar-refractivity contribution in [2.24, 2.45) is 5.10 Å². The van der Waals surface area contributed by atoms with Crippen LogP contribution in [0.3, 0.4) is 0 Å². The molecule has 0 aliphatic rings. The predicted octanol–water partition coefficient (Wildman–Crippen LogP) is 3.13. The van der Waals surface area contributed by atoms with E-state index < -0.39 is 11.8 Å². The van der Waals surface area contributed by atoms with E-state index in [9.17, 15) is 9.59 Å². The molecule has 0 heterocycles. The third-order valence-electron chi connectivity index (χ3n) is 3.97. The van der Waals surface area contributed by atoms with Crippen LogP contribution in [0.15, 0.2) is 38.3 Å². The van der Waals surface area contributed by atoms with Crippen molar-refractivity contribution in [3.8, 4) is 23.0 Å². The van der Waals surface area contributed by atoms with Crippen molar-refractivity contribution in [2.75, 3.05) is 35.0 Å². The normalized spacial score (nSPS) is 10.5. The molecule has 0 aliphatic heterocycles. The van der Waals surface area contributed by atoms with Gasteiger partial charge in [0.15, 0.2) is 11.5 Å². The third kappa shape index (κ3) is 6.34. The zero-order valence-electron chi connectivity index (χ0n) is 17.2. The Hall–Kier alpha value is -2.79. The van der Waals surface area contributed by atoms with Gasteiger partial charge in [0, 0.05) is 15.6 Å². The first-order valence-electron chi connectivity index (χ1n) is 8.77. The highest BCUT2D eigenvalue weighted by Crippen LogP contribution is 2.38. The van der Waals surface area contributed by atoms with E-state index in [0.717, 1.165) is 8.95 Å². The molecule has 0 radical (unpaired) electrons. The largest absolute Gasteiger partial charge is 0.495 e. The maximum absolute atomic E-state index is 12.4. The summed E-state index contributed by atoms with van der Waals surface area (Å²) >= 11 is 6.78. The van der Waals surface area contributed by atoms with Gasteiger partial charge in [-0.25, -0.2) is 5.43 Å². The molecule has 2 rings (SSSR count). The van der Waals surface area contributed by atoms with Gasteiger partial charge in [-0.3, -0.25) is 9.59 Å². The van der Waals surface area contributed by atoms with Crippen molar-refractivity contribution >= 4 is 49.9 Å². The van der Waals surface area contributed by atoms with Crippen LogP contribution in [0, 0.1) is 0 Å². The van der Waals surface area contributed by atoms with Crippen LogP contribution in [0.5, 0.6) is 23.0 Å². The molecule has 11 heteroatoms. The van der Waals surface area contributed by atoms with Crippen LogP contribution in [0.25, 0.3) is 0 Å². The molecule has 2 aromatic rings. The van der Waals surface area contributed by atoms with Gasteiger partial charge in [-0.2, -0.15) is 5.10 Å². The van der Waals surface area contributed by atoms with Crippen molar-refractivity contribution < 1.29 is 28.5 Å². The number of halogens is 2. The molecule has 31 heavy (non-hydrogen) atoms. The fourth-order valence-corrected chi connectivity index (χ4v) is 4.00. The van der Waals surface area contributed by atoms with Crippen molar-refractivity contribution in [1.29, 1.82) is 0 Å². The molecule has 0 saturated carbocycles. The first-order chi connectivity index (χ1) is 14.8. The summed E-state index contributed by atoms with van der Waals surface area (Å²) < 4.78 is 22.5. The zero-order chi connectivity index (χ0) is 23.0. The average molecular weight is 559 g/mol. The number of amides is 2. The average Bonchev–Trinajstić information content (AvgIpc) is 2.76. The van der Waals surface area contributed by atoms with E-state index in [1.807, 2.05) is 6.07 Å². The lowest BCUT2D eigenvalue weighted by Gasteiger charge is -2.14. The highest BCUT2D eigenvalue weighted by molar-refractivity contribution is 9.11. The first kappa shape index (κ1) is 24.5. The summed E-state index contributed by atoms with van der Waals surface area (Å²) in [6, 6.07) is 6.59. The van der Waals surface area contributed by atoms with Crippen LogP contribution in [-0.2, 0) is 4.79 Å². The Bertz CT molecular complexity index is 972. The lowest BCUT2D eigenvalue weighted by atomic mass is 10.1. The zero-order valence-corrected chi connectivity index (χ0v) is 20.4. The number of rotatable bonds is 9. The van der Waals surface area contributed by atoms with Gasteiger partial charge in [0.2, 0.25) is 5.75 Å². The summed E-state index contributed by atoms with van der Waals surface area (Å²) in [5, 5.41) is 6.42. The lowest BCUT2D eigenvalue weighted by Crippen LogP contribution is -2.35. The van der Waals surface area contributed by atoms with E-state index in [4.69, 9.17) is 18.9 Å². The van der Waals surface area contributed by atoms with Crippen LogP contribution in [0.4, 0.5) is 0 Å². The molecule has 166 valence electrons. The summed E-state index contributed by atoms with van der Waals surface area (Å²) in [5.41, 5.74) is 3.24. The molecular weight excluding hydrogens is 538 g/mol. The smallest absolute Gasteiger partial charge is 0.259 e. The van der Waals surface area contributed by atoms with Crippen molar-refractivity contribution in [3.05, 3.63) is 44.3 Å². The monoisotopic (exact) mass is 557 g/mol. The summed E-state index contributed by atoms with van der Waals surface area (Å²) in [5.74, 6) is 0.589. The molecule has 9 nitrogen and oxygen atoms in total. The molecular formula is C20H21Br2N3O6. The quantitative estimate of drug-likeness (QED) is 0.362. The standard InChI is InChI=1S/C20H21Br2N3O6/c1-28-15-6-11(7-16(29-2)19(15)31-4)20(27)23-10-17(26)25-24-9-12-5-13(21)8-14(22)18(12)30-3/h5-9H,10H2,1-4H3,(H,23,27)(H,25,26)/b24-9+. The van der Waals surface area contributed by atoms with Crippen LogP contribution in [-0.4, -0.2) is 53.0 Å². The van der Waals surface area contributed by atoms with Gasteiger partial charge >= 0.3 is 0 Å². The fourth-order valence-electron chi connectivity index (χ4n) is 2.58. The van der Waals surface area contributed by atoms with E-state index in [0.29, 0.717) is 28.6 Å². The molecule has 0 fully saturated rings. The van der Waals surface area contributed by atoms with Gasteiger partial charge < -0.3 is 24.3 Å². The Balaban J connectivity index is 2.01. The van der Waals surface area contributed by atoms with E-state index in [1.165, 1.54) is 46.8 Å². The van der Waals surface area contributed by atoms with E-state index in [-0.39, 0.29) is 12.1 Å². The molecule has 2 N–H and O–H groups in total. The minimum atomic E-state index is -0.509. The third-order valence-corrected chi connectivity index (χ3v) is 5.02. The molecule has 0 unspecified atom stereocenters. The highest BCUT2D eigenvalue weighted by Gasteiger charge is 2.17. The SMILES string of the molecule is COc1cc(C(=O)NCC(=O)N/N=C/c2cc(Br)cc(Br)c2OC)cc(OC)c1OC. The number of carbonyl (C=O) groups is 2. The molecule has 0 atom stereocenters. The maximum atomic E-state index is 12.4.